The Morgan fingerprint density at radius 2 is 1.80 bits per heavy atom. The van der Waals surface area contributed by atoms with Crippen LogP contribution in [0, 0.1) is 0 Å². The van der Waals surface area contributed by atoms with Gasteiger partial charge < -0.3 is 5.73 Å². The van der Waals surface area contributed by atoms with Crippen LogP contribution in [0.25, 0.3) is 5.69 Å². The lowest BCUT2D eigenvalue weighted by molar-refractivity contribution is -0.124. The Labute approximate surface area is 145 Å². The Kier molecular flexibility index (Phi) is 4.03. The van der Waals surface area contributed by atoms with Crippen molar-refractivity contribution in [1.29, 1.82) is 0 Å². The topological polar surface area (TPSA) is 77.0 Å². The summed E-state index contributed by atoms with van der Waals surface area (Å²) in [5, 5.41) is 8.86. The van der Waals surface area contributed by atoms with Crippen molar-refractivity contribution in [2.24, 2.45) is 5.73 Å². The van der Waals surface area contributed by atoms with Gasteiger partial charge >= 0.3 is 0 Å². The van der Waals surface area contributed by atoms with Gasteiger partial charge in [0.25, 0.3) is 0 Å². The third-order valence-electron chi connectivity index (χ3n) is 4.57. The highest BCUT2D eigenvalue weighted by atomic mass is 16.1. The second-order valence-corrected chi connectivity index (χ2v) is 6.26. The third kappa shape index (κ3) is 3.16. The van der Waals surface area contributed by atoms with Crippen molar-refractivity contribution in [3.8, 4) is 5.69 Å². The number of carbonyl (C=O) groups excluding carboxylic acids is 1. The number of aromatic nitrogens is 3. The van der Waals surface area contributed by atoms with E-state index in [0.29, 0.717) is 19.5 Å². The van der Waals surface area contributed by atoms with E-state index in [1.165, 1.54) is 11.1 Å². The van der Waals surface area contributed by atoms with Crippen LogP contribution in [0.15, 0.2) is 60.8 Å². The fraction of sp³-hybridized carbons (Fsp3) is 0.211. The van der Waals surface area contributed by atoms with Crippen molar-refractivity contribution in [1.82, 2.24) is 19.9 Å². The smallest absolute Gasteiger partial charge is 0.235 e. The van der Waals surface area contributed by atoms with E-state index < -0.39 is 0 Å². The SMILES string of the molecule is NC(=O)[C@@H]1Cc2ccccc2CN1Cc1cnn(-c2ccccc2)n1. The standard InChI is InChI=1S/C19H19N5O/c20-19(25)18-10-14-6-4-5-7-15(14)12-23(18)13-16-11-21-24(22-16)17-8-2-1-3-9-17/h1-9,11,18H,10,12-13H2,(H2,20,25)/t18-/m0/s1. The molecular formula is C19H19N5O. The molecule has 0 bridgehead atoms. The van der Waals surface area contributed by atoms with Crippen LogP contribution in [0.5, 0.6) is 0 Å². The molecule has 0 saturated heterocycles. The summed E-state index contributed by atoms with van der Waals surface area (Å²) in [6.07, 6.45) is 2.38. The lowest BCUT2D eigenvalue weighted by atomic mass is 9.93. The van der Waals surface area contributed by atoms with Crippen LogP contribution in [-0.4, -0.2) is 31.8 Å². The first kappa shape index (κ1) is 15.5. The van der Waals surface area contributed by atoms with Crippen LogP contribution < -0.4 is 5.73 Å². The monoisotopic (exact) mass is 333 g/mol. The number of hydrogen-bond acceptors (Lipinski definition) is 4. The Morgan fingerprint density at radius 3 is 2.56 bits per heavy atom. The van der Waals surface area contributed by atoms with E-state index in [1.54, 1.807) is 11.0 Å². The fourth-order valence-corrected chi connectivity index (χ4v) is 3.28. The number of primary amides is 1. The van der Waals surface area contributed by atoms with Crippen molar-refractivity contribution >= 4 is 5.91 Å². The van der Waals surface area contributed by atoms with Gasteiger partial charge in [-0.25, -0.2) is 0 Å². The van der Waals surface area contributed by atoms with Gasteiger partial charge in [-0.1, -0.05) is 42.5 Å². The van der Waals surface area contributed by atoms with Gasteiger partial charge in [-0.3, -0.25) is 9.69 Å². The molecule has 1 aliphatic rings. The van der Waals surface area contributed by atoms with E-state index in [1.807, 2.05) is 42.5 Å². The maximum atomic E-state index is 11.9. The van der Waals surface area contributed by atoms with Gasteiger partial charge in [0, 0.05) is 13.1 Å². The Morgan fingerprint density at radius 1 is 1.08 bits per heavy atom. The minimum atomic E-state index is -0.322. The average molecular weight is 333 g/mol. The van der Waals surface area contributed by atoms with E-state index in [0.717, 1.165) is 11.4 Å². The number of rotatable bonds is 4. The second-order valence-electron chi connectivity index (χ2n) is 6.26. The van der Waals surface area contributed by atoms with Crippen molar-refractivity contribution < 1.29 is 4.79 Å². The van der Waals surface area contributed by atoms with Crippen LogP contribution in [0.1, 0.15) is 16.8 Å². The zero-order valence-corrected chi connectivity index (χ0v) is 13.7. The van der Waals surface area contributed by atoms with Gasteiger partial charge in [-0.2, -0.15) is 15.0 Å². The summed E-state index contributed by atoms with van der Waals surface area (Å²) in [5.74, 6) is -0.301. The zero-order valence-electron chi connectivity index (χ0n) is 13.7. The summed E-state index contributed by atoms with van der Waals surface area (Å²) >= 11 is 0. The average Bonchev–Trinajstić information content (AvgIpc) is 3.10. The lowest BCUT2D eigenvalue weighted by Crippen LogP contribution is -2.48. The van der Waals surface area contributed by atoms with Gasteiger partial charge in [-0.05, 0) is 29.7 Å². The molecule has 1 aliphatic heterocycles. The molecule has 6 heteroatoms. The summed E-state index contributed by atoms with van der Waals surface area (Å²) in [7, 11) is 0. The number of fused-ring (bicyclic) bond motifs is 1. The molecule has 1 atom stereocenters. The van der Waals surface area contributed by atoms with Crippen molar-refractivity contribution in [3.63, 3.8) is 0 Å². The van der Waals surface area contributed by atoms with E-state index in [-0.39, 0.29) is 11.9 Å². The zero-order chi connectivity index (χ0) is 17.2. The van der Waals surface area contributed by atoms with Gasteiger partial charge in [0.05, 0.1) is 23.6 Å². The van der Waals surface area contributed by atoms with Gasteiger partial charge in [0.1, 0.15) is 0 Å². The van der Waals surface area contributed by atoms with E-state index >= 15 is 0 Å². The molecule has 0 radical (unpaired) electrons. The molecule has 6 nitrogen and oxygen atoms in total. The molecule has 2 N–H and O–H groups in total. The first-order valence-electron chi connectivity index (χ1n) is 8.27. The quantitative estimate of drug-likeness (QED) is 0.788. The molecule has 4 rings (SSSR count). The molecule has 0 fully saturated rings. The summed E-state index contributed by atoms with van der Waals surface area (Å²) in [6.45, 7) is 1.22. The summed E-state index contributed by atoms with van der Waals surface area (Å²) in [6, 6.07) is 17.6. The normalized spacial score (nSPS) is 17.2. The molecule has 1 amide bonds. The van der Waals surface area contributed by atoms with Crippen molar-refractivity contribution in [2.45, 2.75) is 25.6 Å². The maximum Gasteiger partial charge on any atom is 0.235 e. The molecule has 1 aromatic heterocycles. The molecule has 0 aliphatic carbocycles. The fourth-order valence-electron chi connectivity index (χ4n) is 3.28. The second kappa shape index (κ2) is 6.49. The molecular weight excluding hydrogens is 314 g/mol. The molecule has 126 valence electrons. The van der Waals surface area contributed by atoms with Crippen LogP contribution >= 0.6 is 0 Å². The van der Waals surface area contributed by atoms with Crippen molar-refractivity contribution in [3.05, 3.63) is 77.6 Å². The number of benzene rings is 2. The third-order valence-corrected chi connectivity index (χ3v) is 4.57. The minimum Gasteiger partial charge on any atom is -0.368 e. The van der Waals surface area contributed by atoms with Crippen LogP contribution in [-0.2, 0) is 24.3 Å². The molecule has 3 aromatic rings. The Balaban J connectivity index is 1.57. The van der Waals surface area contributed by atoms with Gasteiger partial charge in [0.2, 0.25) is 5.91 Å². The summed E-state index contributed by atoms with van der Waals surface area (Å²) in [4.78, 5) is 15.6. The van der Waals surface area contributed by atoms with Gasteiger partial charge in [-0.15, -0.1) is 0 Å². The molecule has 0 unspecified atom stereocenters. The number of hydrogen-bond donors (Lipinski definition) is 1. The van der Waals surface area contributed by atoms with E-state index in [2.05, 4.69) is 27.2 Å². The molecule has 25 heavy (non-hydrogen) atoms. The maximum absolute atomic E-state index is 11.9. The highest BCUT2D eigenvalue weighted by Crippen LogP contribution is 2.24. The van der Waals surface area contributed by atoms with E-state index in [9.17, 15) is 4.79 Å². The number of amides is 1. The number of carbonyl (C=O) groups is 1. The van der Waals surface area contributed by atoms with Crippen molar-refractivity contribution in [2.75, 3.05) is 0 Å². The van der Waals surface area contributed by atoms with Crippen LogP contribution in [0.3, 0.4) is 0 Å². The highest BCUT2D eigenvalue weighted by Gasteiger charge is 2.30. The first-order valence-corrected chi connectivity index (χ1v) is 8.27. The first-order chi connectivity index (χ1) is 12.2. The predicted molar refractivity (Wildman–Crippen MR) is 93.7 cm³/mol. The van der Waals surface area contributed by atoms with Crippen LogP contribution in [0.4, 0.5) is 0 Å². The summed E-state index contributed by atoms with van der Waals surface area (Å²) < 4.78 is 0. The number of nitrogens with zero attached hydrogens (tertiary/aromatic N) is 4. The number of nitrogens with two attached hydrogens (primary N) is 1. The molecule has 0 spiro atoms. The Hall–Kier alpha value is -2.99. The molecule has 0 saturated carbocycles. The predicted octanol–water partition coefficient (Wildman–Crippen LogP) is 1.68. The lowest BCUT2D eigenvalue weighted by Gasteiger charge is -2.34. The number of para-hydroxylation sites is 1. The van der Waals surface area contributed by atoms with E-state index in [4.69, 9.17) is 5.73 Å². The highest BCUT2D eigenvalue weighted by molar-refractivity contribution is 5.80. The summed E-state index contributed by atoms with van der Waals surface area (Å²) in [5.41, 5.74) is 9.79. The largest absolute Gasteiger partial charge is 0.368 e. The van der Waals surface area contributed by atoms with Gasteiger partial charge in [0.15, 0.2) is 0 Å². The molecule has 2 heterocycles. The Bertz CT molecular complexity index is 890. The molecule has 2 aromatic carbocycles. The van der Waals surface area contributed by atoms with Crippen LogP contribution in [0.2, 0.25) is 0 Å². The minimum absolute atomic E-state index is 0.301.